The van der Waals surface area contributed by atoms with Crippen LogP contribution >= 0.6 is 50.5 Å². The van der Waals surface area contributed by atoms with Gasteiger partial charge >= 0.3 is 17.9 Å². The van der Waals surface area contributed by atoms with E-state index in [0.29, 0.717) is 5.56 Å². The first-order valence-corrected chi connectivity index (χ1v) is 35.9. The van der Waals surface area contributed by atoms with E-state index in [2.05, 4.69) is 130 Å². The Balaban J connectivity index is 2.20. The van der Waals surface area contributed by atoms with Gasteiger partial charge in [-0.05, 0) is 49.3 Å². The van der Waals surface area contributed by atoms with Crippen molar-refractivity contribution in [1.82, 2.24) is 84.7 Å². The number of nitrogens with zero attached hydrogens (tertiary/aromatic N) is 1. The van der Waals surface area contributed by atoms with E-state index in [9.17, 15) is 112 Å². The Bertz CT molecular complexity index is 3460. The molecular formula is C61H94N20O24S4. The van der Waals surface area contributed by atoms with Gasteiger partial charge < -0.3 is 127 Å². The minimum atomic E-state index is -1.93. The van der Waals surface area contributed by atoms with Gasteiger partial charge in [-0.2, -0.15) is 50.5 Å². The Morgan fingerprint density at radius 1 is 0.505 bits per heavy atom. The summed E-state index contributed by atoms with van der Waals surface area (Å²) >= 11 is 16.5. The molecule has 2 rings (SSSR count). The van der Waals surface area contributed by atoms with Gasteiger partial charge in [0.2, 0.25) is 94.5 Å². The summed E-state index contributed by atoms with van der Waals surface area (Å²) in [5.41, 5.74) is 16.6. The number of thiol groups is 4. The molecule has 1 aliphatic heterocycles. The van der Waals surface area contributed by atoms with Gasteiger partial charge in [-0.15, -0.1) is 0 Å². The van der Waals surface area contributed by atoms with Crippen molar-refractivity contribution < 1.29 is 117 Å². The molecule has 27 N–H and O–H groups in total. The van der Waals surface area contributed by atoms with Crippen molar-refractivity contribution in [3.8, 4) is 5.75 Å². The largest absolute Gasteiger partial charge is 0.508 e. The minimum Gasteiger partial charge on any atom is -0.508 e. The van der Waals surface area contributed by atoms with Gasteiger partial charge in [0, 0.05) is 42.5 Å². The van der Waals surface area contributed by atoms with Crippen LogP contribution in [0.2, 0.25) is 0 Å². The number of aliphatic hydroxyl groups excluding tert-OH is 1. The molecule has 1 fully saturated rings. The van der Waals surface area contributed by atoms with Gasteiger partial charge in [-0.1, -0.05) is 32.4 Å². The van der Waals surface area contributed by atoms with Crippen molar-refractivity contribution in [2.45, 2.75) is 144 Å². The molecule has 0 aliphatic carbocycles. The summed E-state index contributed by atoms with van der Waals surface area (Å²) in [4.78, 5) is 249. The molecule has 0 bridgehead atoms. The molecule has 1 aromatic rings. The number of carboxylic acid groups (broad SMARTS) is 3. The van der Waals surface area contributed by atoms with Crippen LogP contribution in [-0.4, -0.2) is 290 Å². The number of hydrogen-bond acceptors (Lipinski definition) is 27. The molecule has 16 amide bonds. The molecule has 109 heavy (non-hydrogen) atoms. The Labute approximate surface area is 644 Å². The van der Waals surface area contributed by atoms with Crippen LogP contribution in [-0.2, 0) is 97.5 Å². The number of rotatable bonds is 49. The molecule has 606 valence electrons. The number of aliphatic hydroxyl groups is 1. The molecule has 0 unspecified atom stereocenters. The number of guanidine groups is 1. The number of primary amides is 1. The summed E-state index contributed by atoms with van der Waals surface area (Å²) in [6, 6.07) is -13.6. The van der Waals surface area contributed by atoms with Crippen molar-refractivity contribution in [3.63, 3.8) is 0 Å². The third kappa shape index (κ3) is 34.5. The second-order valence-corrected chi connectivity index (χ2v) is 25.8. The number of phenolic OH excluding ortho intramolecular Hbond substituents is 1. The van der Waals surface area contributed by atoms with Crippen LogP contribution in [0.15, 0.2) is 24.3 Å². The van der Waals surface area contributed by atoms with Gasteiger partial charge in [-0.3, -0.25) is 96.5 Å². The second kappa shape index (κ2) is 48.8. The predicted molar refractivity (Wildman–Crippen MR) is 393 cm³/mol. The Morgan fingerprint density at radius 3 is 1.40 bits per heavy atom. The molecule has 1 heterocycles. The van der Waals surface area contributed by atoms with E-state index in [-0.39, 0.29) is 63.1 Å². The molecule has 1 aromatic carbocycles. The van der Waals surface area contributed by atoms with E-state index in [1.54, 1.807) is 6.92 Å². The number of aromatic hydroxyl groups is 1. The van der Waals surface area contributed by atoms with E-state index < -0.39 is 266 Å². The lowest BCUT2D eigenvalue weighted by molar-refractivity contribution is -0.143. The average molecular weight is 1620 g/mol. The summed E-state index contributed by atoms with van der Waals surface area (Å²) in [6.07, 6.45) is -2.94. The summed E-state index contributed by atoms with van der Waals surface area (Å²) in [5, 5.41) is 88.7. The number of carbonyl (C=O) groups is 19. The quantitative estimate of drug-likeness (QED) is 0.0125. The van der Waals surface area contributed by atoms with Crippen LogP contribution < -0.4 is 97.0 Å². The Kier molecular flexibility index (Phi) is 42.3. The van der Waals surface area contributed by atoms with Gasteiger partial charge in [0.15, 0.2) is 5.96 Å². The maximum Gasteiger partial charge on any atom is 0.322 e. The van der Waals surface area contributed by atoms with Gasteiger partial charge in [0.25, 0.3) is 0 Å². The first-order valence-electron chi connectivity index (χ1n) is 33.3. The number of likely N-dealkylation sites (tertiary alicyclic amines) is 1. The first kappa shape index (κ1) is 94.6. The average Bonchev–Trinajstić information content (AvgIpc) is 1.75. The maximum absolute atomic E-state index is 14.1. The molecule has 44 nitrogen and oxygen atoms in total. The highest BCUT2D eigenvalue weighted by molar-refractivity contribution is 7.80. The molecule has 0 radical (unpaired) electrons. The number of hydrogen-bond donors (Lipinski definition) is 28. The molecule has 13 atom stereocenters. The van der Waals surface area contributed by atoms with Crippen LogP contribution in [0.4, 0.5) is 0 Å². The van der Waals surface area contributed by atoms with Crippen molar-refractivity contribution in [2.24, 2.45) is 23.1 Å². The van der Waals surface area contributed by atoms with Crippen molar-refractivity contribution in [2.75, 3.05) is 68.9 Å². The lowest BCUT2D eigenvalue weighted by Gasteiger charge is -2.29. The van der Waals surface area contributed by atoms with Gasteiger partial charge in [-0.25, -0.2) is 0 Å². The van der Waals surface area contributed by atoms with E-state index >= 15 is 0 Å². The number of aliphatic carboxylic acids is 3. The fourth-order valence-electron chi connectivity index (χ4n) is 9.88. The molecule has 0 aromatic heterocycles. The molecule has 48 heteroatoms. The van der Waals surface area contributed by atoms with Crippen LogP contribution in [0.1, 0.15) is 70.8 Å². The summed E-state index contributed by atoms with van der Waals surface area (Å²) in [5.74, 6) is -24.5. The topological polar surface area (TPSA) is 711 Å². The Hall–Kier alpha value is -10.5. The number of carboxylic acids is 3. The number of nitrogens with two attached hydrogens (primary N) is 3. The van der Waals surface area contributed by atoms with E-state index in [4.69, 9.17) is 27.7 Å². The second-order valence-electron chi connectivity index (χ2n) is 24.3. The van der Waals surface area contributed by atoms with Crippen molar-refractivity contribution in [3.05, 3.63) is 29.8 Å². The lowest BCUT2D eigenvalue weighted by Crippen LogP contribution is -2.61. The normalized spacial score (nSPS) is 15.5. The third-order valence-electron chi connectivity index (χ3n) is 15.8. The molecule has 1 saturated heterocycles. The monoisotopic (exact) mass is 1620 g/mol. The first-order chi connectivity index (χ1) is 51.3. The molecule has 0 saturated carbocycles. The van der Waals surface area contributed by atoms with E-state index in [0.717, 1.165) is 4.90 Å². The molecule has 0 spiro atoms. The smallest absolute Gasteiger partial charge is 0.322 e. The molecular weight excluding hydrogens is 1530 g/mol. The highest BCUT2D eigenvalue weighted by Gasteiger charge is 2.40. The van der Waals surface area contributed by atoms with Gasteiger partial charge in [0.05, 0.1) is 45.5 Å². The highest BCUT2D eigenvalue weighted by atomic mass is 32.1. The van der Waals surface area contributed by atoms with Gasteiger partial charge in [0.1, 0.15) is 84.8 Å². The van der Waals surface area contributed by atoms with Crippen LogP contribution in [0.25, 0.3) is 0 Å². The molecule has 1 aliphatic rings. The van der Waals surface area contributed by atoms with Crippen LogP contribution in [0, 0.1) is 11.3 Å². The number of carbonyl (C=O) groups excluding carboxylic acids is 16. The van der Waals surface area contributed by atoms with Crippen LogP contribution in [0.5, 0.6) is 5.75 Å². The number of nitrogens with one attached hydrogen (secondary N) is 16. The van der Waals surface area contributed by atoms with E-state index in [1.165, 1.54) is 31.2 Å². The van der Waals surface area contributed by atoms with Crippen LogP contribution in [0.3, 0.4) is 0 Å². The van der Waals surface area contributed by atoms with Crippen molar-refractivity contribution in [1.29, 1.82) is 5.41 Å². The fourth-order valence-corrected chi connectivity index (χ4v) is 10.9. The fraction of sp³-hybridized carbons (Fsp3) is 0.574. The van der Waals surface area contributed by atoms with Crippen molar-refractivity contribution >= 4 is 169 Å². The zero-order chi connectivity index (χ0) is 82.4. The lowest BCUT2D eigenvalue weighted by atomic mass is 9.97. The SMILES string of the molecule is CC[C@H](C)[C@H](NC(=O)[C@H](CS)NC(=O)[C@H](CC(=O)O)NC(=O)CNC(=O)[C@@H]1CCCN1C(=O)[C@H](CS)NC(=O)[C@H](CC(=O)O)NC(=O)[C@@H](N)CO)C(=O)N[C@@H](CS)C(=O)N[C@@H](CCCNC(=N)N)C(=O)NCC(=O)N[C@@H](CC(N)=O)C(=O)NCC(=O)N[C@@H](Cc1ccc(O)cc1)C(=O)N[C@@H](CS)C(=O)NCC(=O)O. The summed E-state index contributed by atoms with van der Waals surface area (Å²) in [6.45, 7) is -1.33. The standard InChI is InChI=1S/C61H94N20O24S4/c1-3-27(2)48(80-57(102)38(25-108)77-54(99)34(16-45(88)89)73-44(87)20-69-58(103)40-7-5-13-81(40)60(105)39(26-109)79-55(100)35(17-46(90)91)75-49(94)30(62)22-82)59(104)78-37(24-107)56(101)74-31(6-4-12-66-61(64)65)50(95)67-18-43(86)72-33(15-41(63)84)51(96)68-19-42(85)71-32(14-28-8-10-29(83)11-9-28)53(98)76-36(23-106)52(97)70-21-47(92)93/h8-11,27,30-40,48,82-83,106-109H,3-7,12-26,62H2,1-2H3,(H2,63,84)(H,67,95)(H,68,96)(H,69,103)(H,70,97)(H,71,85)(H,72,86)(H,73,87)(H,74,101)(H,75,94)(H,76,98)(H,77,99)(H,78,104)(H,79,100)(H,80,102)(H,88,89)(H,90,91)(H,92,93)(H4,64,65,66)/t27-,30-,31-,32-,33-,34-,35-,36-,37-,38-,39-,40-,48-/m0/s1. The van der Waals surface area contributed by atoms with E-state index in [1.807, 2.05) is 0 Å². The zero-order valence-corrected chi connectivity index (χ0v) is 62.5. The summed E-state index contributed by atoms with van der Waals surface area (Å²) < 4.78 is 0. The number of phenols is 1. The zero-order valence-electron chi connectivity index (χ0n) is 58.9. The highest BCUT2D eigenvalue weighted by Crippen LogP contribution is 2.20. The maximum atomic E-state index is 14.1. The predicted octanol–water partition coefficient (Wildman–Crippen LogP) is -11.5. The summed E-state index contributed by atoms with van der Waals surface area (Å²) in [7, 11) is 0. The minimum absolute atomic E-state index is 0.0151. The Morgan fingerprint density at radius 2 is 0.917 bits per heavy atom. The third-order valence-corrected chi connectivity index (χ3v) is 17.3. The number of benzene rings is 1. The number of amides is 16.